The Hall–Kier alpha value is -1.60. The molecule has 1 aliphatic heterocycles. The summed E-state index contributed by atoms with van der Waals surface area (Å²) in [5, 5.41) is 7.69. The van der Waals surface area contributed by atoms with Crippen LogP contribution in [0.4, 0.5) is 4.79 Å². The Balaban J connectivity index is 1.63. The molecular formula is C19H31N3O3S. The number of rotatable bonds is 7. The monoisotopic (exact) mass is 381 g/mol. The maximum Gasteiger partial charge on any atom is 0.407 e. The van der Waals surface area contributed by atoms with Gasteiger partial charge in [0.05, 0.1) is 5.92 Å². The minimum absolute atomic E-state index is 0.0358. The molecule has 26 heavy (non-hydrogen) atoms. The molecule has 1 saturated heterocycles. The van der Waals surface area contributed by atoms with Crippen LogP contribution in [0.25, 0.3) is 0 Å². The normalized spacial score (nSPS) is 18.3. The van der Waals surface area contributed by atoms with Gasteiger partial charge in [-0.2, -0.15) is 0 Å². The predicted octanol–water partition coefficient (Wildman–Crippen LogP) is 2.64. The van der Waals surface area contributed by atoms with Crippen molar-refractivity contribution in [1.29, 1.82) is 0 Å². The van der Waals surface area contributed by atoms with Gasteiger partial charge in [0.2, 0.25) is 5.91 Å². The summed E-state index contributed by atoms with van der Waals surface area (Å²) in [6, 6.07) is 4.24. The Morgan fingerprint density at radius 2 is 2.08 bits per heavy atom. The van der Waals surface area contributed by atoms with E-state index in [1.807, 2.05) is 20.8 Å². The molecule has 6 nitrogen and oxygen atoms in total. The zero-order valence-corrected chi connectivity index (χ0v) is 16.9. The SMILES string of the molecule is CC(C)(C)OC(=O)NCCNC(=O)C1CCCN(CCc2cccs2)C1. The molecule has 1 unspecified atom stereocenters. The van der Waals surface area contributed by atoms with Crippen LogP contribution in [0.2, 0.25) is 0 Å². The van der Waals surface area contributed by atoms with Crippen molar-refractivity contribution in [1.82, 2.24) is 15.5 Å². The van der Waals surface area contributed by atoms with Crippen molar-refractivity contribution < 1.29 is 14.3 Å². The zero-order valence-electron chi connectivity index (χ0n) is 16.0. The van der Waals surface area contributed by atoms with Gasteiger partial charge in [-0.3, -0.25) is 4.79 Å². The molecule has 1 atom stereocenters. The highest BCUT2D eigenvalue weighted by molar-refractivity contribution is 7.09. The van der Waals surface area contributed by atoms with Crippen molar-refractivity contribution in [2.75, 3.05) is 32.7 Å². The summed E-state index contributed by atoms with van der Waals surface area (Å²) in [7, 11) is 0. The van der Waals surface area contributed by atoms with Gasteiger partial charge in [0.25, 0.3) is 0 Å². The topological polar surface area (TPSA) is 70.7 Å². The van der Waals surface area contributed by atoms with Gasteiger partial charge in [0, 0.05) is 31.1 Å². The lowest BCUT2D eigenvalue weighted by molar-refractivity contribution is -0.126. The molecule has 1 aromatic heterocycles. The first-order chi connectivity index (χ1) is 12.3. The van der Waals surface area contributed by atoms with Crippen molar-refractivity contribution >= 4 is 23.3 Å². The Bertz CT molecular complexity index is 569. The molecule has 2 rings (SSSR count). The molecular weight excluding hydrogens is 350 g/mol. The lowest BCUT2D eigenvalue weighted by Crippen LogP contribution is -2.45. The van der Waals surface area contributed by atoms with Gasteiger partial charge in [-0.1, -0.05) is 6.07 Å². The lowest BCUT2D eigenvalue weighted by Gasteiger charge is -2.31. The second-order valence-corrected chi connectivity index (χ2v) is 8.72. The van der Waals surface area contributed by atoms with Crippen molar-refractivity contribution in [2.24, 2.45) is 5.92 Å². The van der Waals surface area contributed by atoms with E-state index in [2.05, 4.69) is 33.0 Å². The van der Waals surface area contributed by atoms with Gasteiger partial charge in [0.15, 0.2) is 0 Å². The maximum atomic E-state index is 12.4. The first kappa shape index (κ1) is 20.7. The minimum Gasteiger partial charge on any atom is -0.444 e. The van der Waals surface area contributed by atoms with E-state index in [1.165, 1.54) is 4.88 Å². The second kappa shape index (κ2) is 9.92. The van der Waals surface area contributed by atoms with E-state index in [1.54, 1.807) is 11.3 Å². The summed E-state index contributed by atoms with van der Waals surface area (Å²) in [4.78, 5) is 27.7. The molecule has 0 spiro atoms. The van der Waals surface area contributed by atoms with Crippen LogP contribution < -0.4 is 10.6 Å². The fourth-order valence-corrected chi connectivity index (χ4v) is 3.70. The second-order valence-electron chi connectivity index (χ2n) is 7.69. The Morgan fingerprint density at radius 3 is 2.77 bits per heavy atom. The van der Waals surface area contributed by atoms with Crippen LogP contribution in [0.15, 0.2) is 17.5 Å². The number of hydrogen-bond acceptors (Lipinski definition) is 5. The molecule has 2 N–H and O–H groups in total. The number of nitrogens with zero attached hydrogens (tertiary/aromatic N) is 1. The first-order valence-electron chi connectivity index (χ1n) is 9.33. The molecule has 0 bridgehead atoms. The number of carbonyl (C=O) groups is 2. The molecule has 0 aromatic carbocycles. The van der Waals surface area contributed by atoms with E-state index in [4.69, 9.17) is 4.74 Å². The molecule has 0 aliphatic carbocycles. The van der Waals surface area contributed by atoms with Crippen LogP contribution in [0.3, 0.4) is 0 Å². The average molecular weight is 382 g/mol. The molecule has 2 amide bonds. The van der Waals surface area contributed by atoms with E-state index in [0.29, 0.717) is 13.1 Å². The molecule has 7 heteroatoms. The van der Waals surface area contributed by atoms with Gasteiger partial charge in [0.1, 0.15) is 5.60 Å². The summed E-state index contributed by atoms with van der Waals surface area (Å²) in [5.41, 5.74) is -0.512. The van der Waals surface area contributed by atoms with Gasteiger partial charge in [-0.25, -0.2) is 4.79 Å². The third-order valence-electron chi connectivity index (χ3n) is 4.22. The number of ether oxygens (including phenoxy) is 1. The third-order valence-corrected chi connectivity index (χ3v) is 5.16. The number of likely N-dealkylation sites (tertiary alicyclic amines) is 1. The van der Waals surface area contributed by atoms with Crippen LogP contribution in [-0.4, -0.2) is 55.2 Å². The lowest BCUT2D eigenvalue weighted by atomic mass is 9.97. The van der Waals surface area contributed by atoms with Crippen LogP contribution in [0.5, 0.6) is 0 Å². The van der Waals surface area contributed by atoms with Crippen LogP contribution in [0.1, 0.15) is 38.5 Å². The number of thiophene rings is 1. The third kappa shape index (κ3) is 7.74. The summed E-state index contributed by atoms with van der Waals surface area (Å²) in [6.07, 6.45) is 2.58. The van der Waals surface area contributed by atoms with Crippen molar-refractivity contribution in [2.45, 2.75) is 45.6 Å². The van der Waals surface area contributed by atoms with Gasteiger partial charge < -0.3 is 20.3 Å². The molecule has 1 fully saturated rings. The van der Waals surface area contributed by atoms with E-state index < -0.39 is 11.7 Å². The number of amides is 2. The number of piperidine rings is 1. The number of hydrogen-bond donors (Lipinski definition) is 2. The van der Waals surface area contributed by atoms with E-state index in [0.717, 1.165) is 38.9 Å². The number of alkyl carbamates (subject to hydrolysis) is 1. The summed E-state index contributed by atoms with van der Waals surface area (Å²) in [5.74, 6) is 0.116. The van der Waals surface area contributed by atoms with Gasteiger partial charge in [-0.15, -0.1) is 11.3 Å². The molecule has 1 aromatic rings. The fourth-order valence-electron chi connectivity index (χ4n) is 3.00. The Kier molecular flexibility index (Phi) is 7.90. The smallest absolute Gasteiger partial charge is 0.407 e. The van der Waals surface area contributed by atoms with Crippen molar-refractivity contribution in [3.05, 3.63) is 22.4 Å². The fraction of sp³-hybridized carbons (Fsp3) is 0.684. The molecule has 2 heterocycles. The van der Waals surface area contributed by atoms with Crippen LogP contribution in [-0.2, 0) is 16.0 Å². The summed E-state index contributed by atoms with van der Waals surface area (Å²) >= 11 is 1.79. The number of nitrogens with one attached hydrogen (secondary N) is 2. The molecule has 0 radical (unpaired) electrons. The van der Waals surface area contributed by atoms with E-state index in [9.17, 15) is 9.59 Å². The zero-order chi connectivity index (χ0) is 19.0. The molecule has 1 aliphatic rings. The van der Waals surface area contributed by atoms with E-state index in [-0.39, 0.29) is 11.8 Å². The standard InChI is InChI=1S/C19H31N3O3S/c1-19(2,3)25-18(24)21-10-9-20-17(23)15-6-4-11-22(14-15)12-8-16-7-5-13-26-16/h5,7,13,15H,4,6,8-12,14H2,1-3H3,(H,20,23)(H,21,24). The van der Waals surface area contributed by atoms with E-state index >= 15 is 0 Å². The van der Waals surface area contributed by atoms with Gasteiger partial charge in [-0.05, 0) is 58.0 Å². The highest BCUT2D eigenvalue weighted by Crippen LogP contribution is 2.18. The first-order valence-corrected chi connectivity index (χ1v) is 10.2. The van der Waals surface area contributed by atoms with Crippen molar-refractivity contribution in [3.63, 3.8) is 0 Å². The summed E-state index contributed by atoms with van der Waals surface area (Å²) in [6.45, 7) is 9.14. The highest BCUT2D eigenvalue weighted by Gasteiger charge is 2.25. The number of carbonyl (C=O) groups excluding carboxylic acids is 2. The quantitative estimate of drug-likeness (QED) is 0.713. The van der Waals surface area contributed by atoms with Crippen molar-refractivity contribution in [3.8, 4) is 0 Å². The predicted molar refractivity (Wildman–Crippen MR) is 104 cm³/mol. The van der Waals surface area contributed by atoms with Crippen LogP contribution >= 0.6 is 11.3 Å². The average Bonchev–Trinajstić information content (AvgIpc) is 3.09. The largest absolute Gasteiger partial charge is 0.444 e. The molecule has 0 saturated carbocycles. The van der Waals surface area contributed by atoms with Crippen LogP contribution in [0, 0.1) is 5.92 Å². The van der Waals surface area contributed by atoms with Gasteiger partial charge >= 0.3 is 6.09 Å². The summed E-state index contributed by atoms with van der Waals surface area (Å²) < 4.78 is 5.16. The Labute approximate surface area is 160 Å². The highest BCUT2D eigenvalue weighted by atomic mass is 32.1. The Morgan fingerprint density at radius 1 is 1.31 bits per heavy atom. The minimum atomic E-state index is -0.512. The molecule has 146 valence electrons. The maximum absolute atomic E-state index is 12.4.